The van der Waals surface area contributed by atoms with Crippen LogP contribution in [0.2, 0.25) is 0 Å². The summed E-state index contributed by atoms with van der Waals surface area (Å²) < 4.78 is 0. The van der Waals surface area contributed by atoms with Gasteiger partial charge in [-0.2, -0.15) is 10.1 Å². The van der Waals surface area contributed by atoms with Crippen molar-refractivity contribution in [3.63, 3.8) is 0 Å². The van der Waals surface area contributed by atoms with Crippen molar-refractivity contribution in [2.45, 2.75) is 27.7 Å². The molecule has 2 N–H and O–H groups in total. The summed E-state index contributed by atoms with van der Waals surface area (Å²) in [6.45, 7) is 8.28. The highest BCUT2D eigenvalue weighted by Gasteiger charge is 2.06. The minimum absolute atomic E-state index is 0.471. The minimum Gasteiger partial charge on any atom is -0.339 e. The molecule has 0 bridgehead atoms. The van der Waals surface area contributed by atoms with Crippen molar-refractivity contribution in [1.82, 2.24) is 15.2 Å². The summed E-state index contributed by atoms with van der Waals surface area (Å²) in [7, 11) is 0. The van der Waals surface area contributed by atoms with E-state index < -0.39 is 0 Å². The van der Waals surface area contributed by atoms with Gasteiger partial charge < -0.3 is 10.6 Å². The Morgan fingerprint density at radius 2 is 1.67 bits per heavy atom. The van der Waals surface area contributed by atoms with E-state index in [1.54, 1.807) is 6.20 Å². The molecule has 0 aliphatic heterocycles. The van der Waals surface area contributed by atoms with Crippen molar-refractivity contribution in [2.24, 2.45) is 0 Å². The van der Waals surface area contributed by atoms with Crippen LogP contribution in [0.1, 0.15) is 22.3 Å². The fraction of sp³-hybridized carbons (Fsp3) is 0.211. The molecular weight excluding hydrogens is 298 g/mol. The molecule has 5 nitrogen and oxygen atoms in total. The number of aryl methyl sites for hydroxylation is 3. The molecular formula is C19H21N5. The maximum atomic E-state index is 4.51. The van der Waals surface area contributed by atoms with E-state index in [1.807, 2.05) is 19.1 Å². The zero-order chi connectivity index (χ0) is 17.1. The molecule has 0 fully saturated rings. The van der Waals surface area contributed by atoms with Gasteiger partial charge >= 0.3 is 0 Å². The van der Waals surface area contributed by atoms with E-state index in [2.05, 4.69) is 70.9 Å². The second-order valence-corrected chi connectivity index (χ2v) is 5.98. The molecule has 1 heterocycles. The second kappa shape index (κ2) is 6.66. The zero-order valence-corrected chi connectivity index (χ0v) is 14.4. The van der Waals surface area contributed by atoms with E-state index in [9.17, 15) is 0 Å². The third kappa shape index (κ3) is 3.51. The maximum Gasteiger partial charge on any atom is 0.249 e. The molecule has 24 heavy (non-hydrogen) atoms. The van der Waals surface area contributed by atoms with Crippen molar-refractivity contribution >= 4 is 23.1 Å². The largest absolute Gasteiger partial charge is 0.339 e. The lowest BCUT2D eigenvalue weighted by atomic mass is 10.1. The molecule has 1 aromatic heterocycles. The van der Waals surface area contributed by atoms with Crippen molar-refractivity contribution in [1.29, 1.82) is 0 Å². The van der Waals surface area contributed by atoms with E-state index in [0.29, 0.717) is 11.8 Å². The van der Waals surface area contributed by atoms with Gasteiger partial charge in [-0.3, -0.25) is 0 Å². The summed E-state index contributed by atoms with van der Waals surface area (Å²) in [6.07, 6.45) is 1.62. The number of benzene rings is 2. The second-order valence-electron chi connectivity index (χ2n) is 5.98. The van der Waals surface area contributed by atoms with Crippen LogP contribution in [0.4, 0.5) is 23.1 Å². The Morgan fingerprint density at radius 1 is 0.833 bits per heavy atom. The quantitative estimate of drug-likeness (QED) is 0.736. The predicted molar refractivity (Wildman–Crippen MR) is 98.2 cm³/mol. The first-order valence-corrected chi connectivity index (χ1v) is 7.90. The Balaban J connectivity index is 1.84. The van der Waals surface area contributed by atoms with E-state index in [1.165, 1.54) is 16.7 Å². The minimum atomic E-state index is 0.471. The first-order valence-electron chi connectivity index (χ1n) is 7.90. The van der Waals surface area contributed by atoms with Crippen LogP contribution in [-0.4, -0.2) is 15.2 Å². The average Bonchev–Trinajstić information content (AvgIpc) is 2.56. The maximum absolute atomic E-state index is 4.51. The monoisotopic (exact) mass is 319 g/mol. The third-order valence-electron chi connectivity index (χ3n) is 4.07. The first kappa shape index (κ1) is 15.9. The normalized spacial score (nSPS) is 10.5. The highest BCUT2D eigenvalue weighted by atomic mass is 15.3. The molecule has 0 unspecified atom stereocenters. The van der Waals surface area contributed by atoms with Crippen LogP contribution in [-0.2, 0) is 0 Å². The lowest BCUT2D eigenvalue weighted by molar-refractivity contribution is 0.981. The third-order valence-corrected chi connectivity index (χ3v) is 4.07. The zero-order valence-electron chi connectivity index (χ0n) is 14.4. The molecule has 0 aliphatic carbocycles. The van der Waals surface area contributed by atoms with E-state index in [-0.39, 0.29) is 0 Å². The van der Waals surface area contributed by atoms with Gasteiger partial charge in [0.25, 0.3) is 0 Å². The number of nitrogens with one attached hydrogen (secondary N) is 2. The predicted octanol–water partition coefficient (Wildman–Crippen LogP) is 4.59. The van der Waals surface area contributed by atoms with Gasteiger partial charge in [-0.1, -0.05) is 24.3 Å². The van der Waals surface area contributed by atoms with Gasteiger partial charge in [-0.15, -0.1) is 5.10 Å². The van der Waals surface area contributed by atoms with Gasteiger partial charge in [0.1, 0.15) is 0 Å². The number of anilines is 4. The lowest BCUT2D eigenvalue weighted by Crippen LogP contribution is -2.04. The molecule has 3 rings (SSSR count). The van der Waals surface area contributed by atoms with Crippen LogP contribution in [0.15, 0.2) is 42.6 Å². The van der Waals surface area contributed by atoms with E-state index >= 15 is 0 Å². The summed E-state index contributed by atoms with van der Waals surface area (Å²) >= 11 is 0. The van der Waals surface area contributed by atoms with Crippen LogP contribution in [0.3, 0.4) is 0 Å². The standard InChI is InChI=1S/C19H21N5/c1-12-8-9-14(3)17(10-12)22-19-23-18(11-20-24-19)21-16-7-5-6-13(2)15(16)4/h5-11H,1-4H3,(H2,21,22,23,24). The Kier molecular flexibility index (Phi) is 4.42. The highest BCUT2D eigenvalue weighted by Crippen LogP contribution is 2.23. The molecule has 5 heteroatoms. The summed E-state index contributed by atoms with van der Waals surface area (Å²) in [5.41, 5.74) is 6.75. The topological polar surface area (TPSA) is 62.7 Å². The van der Waals surface area contributed by atoms with Gasteiger partial charge in [0.15, 0.2) is 5.82 Å². The first-order chi connectivity index (χ1) is 11.5. The van der Waals surface area contributed by atoms with Crippen molar-refractivity contribution in [3.05, 3.63) is 64.8 Å². The van der Waals surface area contributed by atoms with Crippen molar-refractivity contribution in [2.75, 3.05) is 10.6 Å². The van der Waals surface area contributed by atoms with Crippen LogP contribution in [0.5, 0.6) is 0 Å². The SMILES string of the molecule is Cc1ccc(C)c(Nc2nncc(Nc3cccc(C)c3C)n2)c1. The Hall–Kier alpha value is -2.95. The van der Waals surface area contributed by atoms with E-state index in [4.69, 9.17) is 0 Å². The smallest absolute Gasteiger partial charge is 0.249 e. The van der Waals surface area contributed by atoms with E-state index in [0.717, 1.165) is 16.9 Å². The van der Waals surface area contributed by atoms with Crippen molar-refractivity contribution in [3.8, 4) is 0 Å². The lowest BCUT2D eigenvalue weighted by Gasteiger charge is -2.12. The molecule has 0 amide bonds. The van der Waals surface area contributed by atoms with Crippen LogP contribution >= 0.6 is 0 Å². The summed E-state index contributed by atoms with van der Waals surface area (Å²) in [4.78, 5) is 4.51. The Morgan fingerprint density at radius 3 is 2.50 bits per heavy atom. The molecule has 122 valence electrons. The molecule has 2 aromatic carbocycles. The van der Waals surface area contributed by atoms with Gasteiger partial charge in [0, 0.05) is 11.4 Å². The molecule has 0 radical (unpaired) electrons. The fourth-order valence-corrected chi connectivity index (χ4v) is 2.43. The van der Waals surface area contributed by atoms with Crippen LogP contribution in [0, 0.1) is 27.7 Å². The fourth-order valence-electron chi connectivity index (χ4n) is 2.43. The van der Waals surface area contributed by atoms with Gasteiger partial charge in [0.2, 0.25) is 5.95 Å². The molecule has 0 saturated heterocycles. The Bertz CT molecular complexity index is 854. The highest BCUT2D eigenvalue weighted by molar-refractivity contribution is 5.63. The summed E-state index contributed by atoms with van der Waals surface area (Å²) in [5.74, 6) is 1.13. The average molecular weight is 319 g/mol. The Labute approximate surface area is 142 Å². The number of aromatic nitrogens is 3. The summed E-state index contributed by atoms with van der Waals surface area (Å²) in [6, 6.07) is 12.4. The summed E-state index contributed by atoms with van der Waals surface area (Å²) in [5, 5.41) is 14.7. The number of hydrogen-bond donors (Lipinski definition) is 2. The van der Waals surface area contributed by atoms with Crippen molar-refractivity contribution < 1.29 is 0 Å². The number of hydrogen-bond acceptors (Lipinski definition) is 5. The molecule has 0 aliphatic rings. The van der Waals surface area contributed by atoms with Gasteiger partial charge in [-0.25, -0.2) is 0 Å². The van der Waals surface area contributed by atoms with Crippen LogP contribution in [0.25, 0.3) is 0 Å². The van der Waals surface area contributed by atoms with Gasteiger partial charge in [-0.05, 0) is 62.1 Å². The number of rotatable bonds is 4. The molecule has 0 saturated carbocycles. The van der Waals surface area contributed by atoms with Gasteiger partial charge in [0.05, 0.1) is 6.20 Å². The molecule has 0 atom stereocenters. The number of nitrogens with zero attached hydrogens (tertiary/aromatic N) is 3. The molecule has 0 spiro atoms. The van der Waals surface area contributed by atoms with Crippen LogP contribution < -0.4 is 10.6 Å². The molecule has 3 aromatic rings.